The van der Waals surface area contributed by atoms with Gasteiger partial charge in [-0.25, -0.2) is 13.2 Å². The maximum absolute atomic E-state index is 12.9. The number of hydrogen-bond acceptors (Lipinski definition) is 5. The molecular formula is C24H30N2O5S. The maximum atomic E-state index is 12.9. The Balaban J connectivity index is 1.66. The van der Waals surface area contributed by atoms with Gasteiger partial charge in [0.1, 0.15) is 0 Å². The largest absolute Gasteiger partial charge is 0.452 e. The highest BCUT2D eigenvalue weighted by atomic mass is 32.2. The number of esters is 1. The topological polar surface area (TPSA) is 92.8 Å². The normalized spacial score (nSPS) is 15.8. The number of carbonyl (C=O) groups excluding carboxylic acids is 2. The highest BCUT2D eigenvalue weighted by Gasteiger charge is 2.26. The summed E-state index contributed by atoms with van der Waals surface area (Å²) in [6.07, 6.45) is 2.81. The van der Waals surface area contributed by atoms with E-state index in [0.717, 1.165) is 24.8 Å². The van der Waals surface area contributed by atoms with Gasteiger partial charge in [0, 0.05) is 13.1 Å². The monoisotopic (exact) mass is 458 g/mol. The van der Waals surface area contributed by atoms with Crippen LogP contribution in [0.25, 0.3) is 0 Å². The van der Waals surface area contributed by atoms with Crippen LogP contribution >= 0.6 is 0 Å². The molecule has 0 saturated heterocycles. The second-order valence-electron chi connectivity index (χ2n) is 7.86. The summed E-state index contributed by atoms with van der Waals surface area (Å²) in [6.45, 7) is 5.44. The summed E-state index contributed by atoms with van der Waals surface area (Å²) in [5.74, 6) is -1.12. The molecule has 0 bridgehead atoms. The molecular weight excluding hydrogens is 428 g/mol. The Bertz CT molecular complexity index is 1090. The molecule has 1 N–H and O–H groups in total. The first-order valence-corrected chi connectivity index (χ1v) is 12.4. The molecule has 0 saturated carbocycles. The van der Waals surface area contributed by atoms with Crippen LogP contribution in [0.15, 0.2) is 47.4 Å². The summed E-state index contributed by atoms with van der Waals surface area (Å²) < 4.78 is 32.3. The number of nitrogens with one attached hydrogen (secondary N) is 1. The zero-order valence-corrected chi connectivity index (χ0v) is 19.6. The molecule has 172 valence electrons. The van der Waals surface area contributed by atoms with Gasteiger partial charge in [-0.15, -0.1) is 0 Å². The molecule has 1 amide bonds. The number of fused-ring (bicyclic) bond motifs is 1. The lowest BCUT2D eigenvalue weighted by Crippen LogP contribution is -2.34. The molecule has 1 aliphatic carbocycles. The van der Waals surface area contributed by atoms with E-state index in [1.165, 1.54) is 22.0 Å². The number of aryl methyl sites for hydroxylation is 2. The number of ether oxygens (including phenoxy) is 1. The predicted molar refractivity (Wildman–Crippen MR) is 122 cm³/mol. The van der Waals surface area contributed by atoms with Crippen molar-refractivity contribution in [1.82, 2.24) is 9.62 Å². The quantitative estimate of drug-likeness (QED) is 0.612. The van der Waals surface area contributed by atoms with Crippen LogP contribution in [0, 0.1) is 6.92 Å². The van der Waals surface area contributed by atoms with Gasteiger partial charge in [-0.3, -0.25) is 4.79 Å². The second kappa shape index (κ2) is 10.3. The zero-order chi connectivity index (χ0) is 23.3. The smallest absolute Gasteiger partial charge is 0.338 e. The number of carbonyl (C=O) groups is 2. The van der Waals surface area contributed by atoms with Crippen LogP contribution in [0.5, 0.6) is 0 Å². The molecule has 7 nitrogen and oxygen atoms in total. The van der Waals surface area contributed by atoms with Gasteiger partial charge in [0.05, 0.1) is 16.5 Å². The van der Waals surface area contributed by atoms with Crippen molar-refractivity contribution < 1.29 is 22.7 Å². The first kappa shape index (κ1) is 23.9. The Morgan fingerprint density at radius 3 is 2.56 bits per heavy atom. The van der Waals surface area contributed by atoms with Gasteiger partial charge in [-0.05, 0) is 55.0 Å². The molecule has 0 radical (unpaired) electrons. The van der Waals surface area contributed by atoms with E-state index in [1.807, 2.05) is 18.2 Å². The number of sulfonamides is 1. The van der Waals surface area contributed by atoms with Crippen LogP contribution in [0.2, 0.25) is 0 Å². The van der Waals surface area contributed by atoms with Crippen molar-refractivity contribution in [3.05, 3.63) is 64.7 Å². The molecule has 1 atom stereocenters. The first-order valence-electron chi connectivity index (χ1n) is 10.9. The molecule has 2 aromatic carbocycles. The van der Waals surface area contributed by atoms with Gasteiger partial charge in [0.2, 0.25) is 10.0 Å². The van der Waals surface area contributed by atoms with Gasteiger partial charge in [0.15, 0.2) is 6.61 Å². The second-order valence-corrected chi connectivity index (χ2v) is 9.76. The summed E-state index contributed by atoms with van der Waals surface area (Å²) in [6, 6.07) is 12.3. The third-order valence-corrected chi connectivity index (χ3v) is 7.98. The fourth-order valence-electron chi connectivity index (χ4n) is 4.06. The fourth-order valence-corrected chi connectivity index (χ4v) is 5.77. The molecule has 0 unspecified atom stereocenters. The van der Waals surface area contributed by atoms with Crippen molar-refractivity contribution in [2.75, 3.05) is 19.7 Å². The lowest BCUT2D eigenvalue weighted by Gasteiger charge is -2.26. The highest BCUT2D eigenvalue weighted by molar-refractivity contribution is 7.89. The van der Waals surface area contributed by atoms with Gasteiger partial charge >= 0.3 is 5.97 Å². The first-order chi connectivity index (χ1) is 15.3. The predicted octanol–water partition coefficient (Wildman–Crippen LogP) is 3.38. The summed E-state index contributed by atoms with van der Waals surface area (Å²) in [4.78, 5) is 25.0. The van der Waals surface area contributed by atoms with Gasteiger partial charge < -0.3 is 10.1 Å². The fraction of sp³-hybridized carbons (Fsp3) is 0.417. The van der Waals surface area contributed by atoms with Crippen molar-refractivity contribution in [2.24, 2.45) is 0 Å². The Kier molecular flexibility index (Phi) is 7.69. The van der Waals surface area contributed by atoms with E-state index in [9.17, 15) is 18.0 Å². The molecule has 0 aliphatic heterocycles. The maximum Gasteiger partial charge on any atom is 0.338 e. The molecule has 1 aliphatic rings. The number of rotatable bonds is 8. The molecule has 0 fully saturated rings. The summed E-state index contributed by atoms with van der Waals surface area (Å²) in [5, 5.41) is 2.94. The number of nitrogens with zero attached hydrogens (tertiary/aromatic N) is 1. The van der Waals surface area contributed by atoms with Crippen molar-refractivity contribution in [3.8, 4) is 0 Å². The molecule has 3 rings (SSSR count). The van der Waals surface area contributed by atoms with E-state index in [4.69, 9.17) is 4.74 Å². The lowest BCUT2D eigenvalue weighted by molar-refractivity contribution is -0.125. The van der Waals surface area contributed by atoms with E-state index in [1.54, 1.807) is 26.8 Å². The van der Waals surface area contributed by atoms with Crippen LogP contribution in [-0.2, 0) is 26.0 Å². The van der Waals surface area contributed by atoms with E-state index in [0.29, 0.717) is 18.7 Å². The van der Waals surface area contributed by atoms with Crippen molar-refractivity contribution in [2.45, 2.75) is 51.0 Å². The standard InChI is InChI=1S/C24H30N2O5S/c1-4-26(5-2)32(29,30)22-15-19(14-13-17(22)3)24(28)31-16-23(27)25-21-12-8-10-18-9-6-7-11-20(18)21/h6-7,9,11,13-15,21H,4-5,8,10,12,16H2,1-3H3,(H,25,27)/t21-/m1/s1. The molecule has 0 heterocycles. The van der Waals surface area contributed by atoms with Gasteiger partial charge in [-0.1, -0.05) is 44.2 Å². The van der Waals surface area contributed by atoms with E-state index < -0.39 is 22.6 Å². The van der Waals surface area contributed by atoms with Crippen LogP contribution < -0.4 is 5.32 Å². The number of amides is 1. The minimum absolute atomic E-state index is 0.0684. The Morgan fingerprint density at radius 1 is 1.12 bits per heavy atom. The van der Waals surface area contributed by atoms with Crippen LogP contribution in [-0.4, -0.2) is 44.3 Å². The Labute approximate surface area is 189 Å². The van der Waals surface area contributed by atoms with Gasteiger partial charge in [0.25, 0.3) is 5.91 Å². The summed E-state index contributed by atoms with van der Waals surface area (Å²) >= 11 is 0. The van der Waals surface area contributed by atoms with Crippen molar-refractivity contribution in [1.29, 1.82) is 0 Å². The summed E-state index contributed by atoms with van der Waals surface area (Å²) in [7, 11) is -3.72. The van der Waals surface area contributed by atoms with E-state index in [-0.39, 0.29) is 22.4 Å². The van der Waals surface area contributed by atoms with Crippen LogP contribution in [0.1, 0.15) is 59.8 Å². The number of hydrogen-bond donors (Lipinski definition) is 1. The third-order valence-electron chi connectivity index (χ3n) is 5.79. The van der Waals surface area contributed by atoms with E-state index in [2.05, 4.69) is 11.4 Å². The van der Waals surface area contributed by atoms with Crippen molar-refractivity contribution in [3.63, 3.8) is 0 Å². The average Bonchev–Trinajstić information content (AvgIpc) is 2.78. The Morgan fingerprint density at radius 2 is 1.84 bits per heavy atom. The van der Waals surface area contributed by atoms with E-state index >= 15 is 0 Å². The number of benzene rings is 2. The lowest BCUT2D eigenvalue weighted by atomic mass is 9.88. The van der Waals surface area contributed by atoms with Crippen molar-refractivity contribution >= 4 is 21.9 Å². The van der Waals surface area contributed by atoms with Gasteiger partial charge in [-0.2, -0.15) is 4.31 Å². The zero-order valence-electron chi connectivity index (χ0n) is 18.8. The summed E-state index contributed by atoms with van der Waals surface area (Å²) in [5.41, 5.74) is 2.96. The molecule has 8 heteroatoms. The molecule has 32 heavy (non-hydrogen) atoms. The minimum atomic E-state index is -3.72. The minimum Gasteiger partial charge on any atom is -0.452 e. The highest BCUT2D eigenvalue weighted by Crippen LogP contribution is 2.29. The third kappa shape index (κ3) is 5.19. The average molecular weight is 459 g/mol. The van der Waals surface area contributed by atoms with Crippen LogP contribution in [0.4, 0.5) is 0 Å². The molecule has 2 aromatic rings. The SMILES string of the molecule is CCN(CC)S(=O)(=O)c1cc(C(=O)OCC(=O)N[C@@H]2CCCc3ccccc32)ccc1C. The van der Waals surface area contributed by atoms with Crippen LogP contribution in [0.3, 0.4) is 0 Å². The molecule has 0 spiro atoms. The molecule has 0 aromatic heterocycles. The Hall–Kier alpha value is -2.71.